The first-order valence-electron chi connectivity index (χ1n) is 10.9. The van der Waals surface area contributed by atoms with E-state index in [0.29, 0.717) is 6.42 Å². The number of aryl methyl sites for hydroxylation is 1. The molecular weight excluding hydrogens is 418 g/mol. The van der Waals surface area contributed by atoms with Crippen LogP contribution in [-0.4, -0.2) is 48.9 Å². The van der Waals surface area contributed by atoms with Crippen molar-refractivity contribution in [3.8, 4) is 11.1 Å². The smallest absolute Gasteiger partial charge is 0.407 e. The third kappa shape index (κ3) is 4.98. The van der Waals surface area contributed by atoms with Crippen LogP contribution in [0, 0.1) is 0 Å². The lowest BCUT2D eigenvalue weighted by Crippen LogP contribution is -2.41. The summed E-state index contributed by atoms with van der Waals surface area (Å²) in [7, 11) is 3.79. The van der Waals surface area contributed by atoms with Gasteiger partial charge in [0, 0.05) is 26.2 Å². The number of benzene rings is 2. The van der Waals surface area contributed by atoms with Gasteiger partial charge < -0.3 is 20.1 Å². The molecule has 1 unspecified atom stereocenters. The van der Waals surface area contributed by atoms with Crippen LogP contribution in [-0.2, 0) is 16.0 Å². The van der Waals surface area contributed by atoms with Crippen molar-refractivity contribution in [1.29, 1.82) is 0 Å². The SMILES string of the molecule is CN(C)c1cc(CCC(NC(=O)OCC2c3ccccc3-c3ccccc32)C(=O)O)ccn1. The van der Waals surface area contributed by atoms with Crippen LogP contribution < -0.4 is 10.2 Å². The normalized spacial score (nSPS) is 13.0. The second-order valence-corrected chi connectivity index (χ2v) is 8.32. The predicted molar refractivity (Wildman–Crippen MR) is 127 cm³/mol. The Kier molecular flexibility index (Phi) is 6.58. The molecule has 33 heavy (non-hydrogen) atoms. The molecule has 0 radical (unpaired) electrons. The van der Waals surface area contributed by atoms with E-state index >= 15 is 0 Å². The summed E-state index contributed by atoms with van der Waals surface area (Å²) < 4.78 is 5.49. The first-order chi connectivity index (χ1) is 15.9. The Labute approximate surface area is 193 Å². The van der Waals surface area contributed by atoms with E-state index in [1.54, 1.807) is 6.20 Å². The number of anilines is 1. The molecule has 0 aliphatic heterocycles. The summed E-state index contributed by atoms with van der Waals surface area (Å²) in [6.45, 7) is 0.142. The Morgan fingerprint density at radius 2 is 1.70 bits per heavy atom. The topological polar surface area (TPSA) is 91.8 Å². The van der Waals surface area contributed by atoms with Gasteiger partial charge in [0.1, 0.15) is 18.5 Å². The number of alkyl carbamates (subject to hydrolysis) is 1. The van der Waals surface area contributed by atoms with Gasteiger partial charge in [0.2, 0.25) is 0 Å². The number of amides is 1. The number of aromatic nitrogens is 1. The number of ether oxygens (including phenoxy) is 1. The lowest BCUT2D eigenvalue weighted by molar-refractivity contribution is -0.139. The Balaban J connectivity index is 1.37. The molecule has 3 aromatic rings. The summed E-state index contributed by atoms with van der Waals surface area (Å²) >= 11 is 0. The number of fused-ring (bicyclic) bond motifs is 3. The Bertz CT molecular complexity index is 1120. The van der Waals surface area contributed by atoms with Crippen molar-refractivity contribution in [1.82, 2.24) is 10.3 Å². The average Bonchev–Trinajstić information content (AvgIpc) is 3.14. The zero-order valence-electron chi connectivity index (χ0n) is 18.7. The molecule has 0 fully saturated rings. The lowest BCUT2D eigenvalue weighted by atomic mass is 9.98. The van der Waals surface area contributed by atoms with E-state index < -0.39 is 18.1 Å². The third-order valence-corrected chi connectivity index (χ3v) is 5.92. The number of pyridine rings is 1. The molecule has 4 rings (SSSR count). The average molecular weight is 446 g/mol. The molecule has 1 aliphatic rings. The lowest BCUT2D eigenvalue weighted by Gasteiger charge is -2.18. The highest BCUT2D eigenvalue weighted by Crippen LogP contribution is 2.44. The molecule has 7 heteroatoms. The highest BCUT2D eigenvalue weighted by molar-refractivity contribution is 5.81. The highest BCUT2D eigenvalue weighted by atomic mass is 16.5. The number of carboxylic acids is 1. The molecular formula is C26H27N3O4. The van der Waals surface area contributed by atoms with Crippen molar-refractivity contribution in [3.05, 3.63) is 83.6 Å². The van der Waals surface area contributed by atoms with Crippen LogP contribution in [0.1, 0.15) is 29.0 Å². The Morgan fingerprint density at radius 3 is 2.30 bits per heavy atom. The van der Waals surface area contributed by atoms with E-state index in [9.17, 15) is 14.7 Å². The van der Waals surface area contributed by atoms with Gasteiger partial charge in [0.15, 0.2) is 0 Å². The van der Waals surface area contributed by atoms with E-state index in [1.807, 2.05) is 67.5 Å². The number of carboxylic acid groups (broad SMARTS) is 1. The number of nitrogens with one attached hydrogen (secondary N) is 1. The summed E-state index contributed by atoms with van der Waals surface area (Å²) in [4.78, 5) is 30.4. The maximum absolute atomic E-state index is 12.5. The number of rotatable bonds is 8. The molecule has 0 bridgehead atoms. The van der Waals surface area contributed by atoms with E-state index in [0.717, 1.165) is 33.6 Å². The fourth-order valence-electron chi connectivity index (χ4n) is 4.21. The van der Waals surface area contributed by atoms with E-state index in [4.69, 9.17) is 4.74 Å². The van der Waals surface area contributed by atoms with Crippen molar-refractivity contribution >= 4 is 17.9 Å². The monoisotopic (exact) mass is 445 g/mol. The molecule has 0 spiro atoms. The maximum atomic E-state index is 12.5. The molecule has 170 valence electrons. The van der Waals surface area contributed by atoms with Crippen LogP contribution in [0.3, 0.4) is 0 Å². The zero-order chi connectivity index (χ0) is 23.4. The number of carbonyl (C=O) groups is 2. The van der Waals surface area contributed by atoms with Gasteiger partial charge in [0.25, 0.3) is 0 Å². The van der Waals surface area contributed by atoms with Gasteiger partial charge in [-0.2, -0.15) is 0 Å². The second kappa shape index (κ2) is 9.73. The molecule has 1 aromatic heterocycles. The first-order valence-corrected chi connectivity index (χ1v) is 10.9. The van der Waals surface area contributed by atoms with Crippen molar-refractivity contribution in [2.45, 2.75) is 24.8 Å². The number of carbonyl (C=O) groups excluding carboxylic acids is 1. The van der Waals surface area contributed by atoms with E-state index in [2.05, 4.69) is 22.4 Å². The van der Waals surface area contributed by atoms with E-state index in [-0.39, 0.29) is 18.9 Å². The summed E-state index contributed by atoms with van der Waals surface area (Å²) in [5.74, 6) is -0.373. The van der Waals surface area contributed by atoms with Gasteiger partial charge in [-0.05, 0) is 52.8 Å². The molecule has 1 atom stereocenters. The predicted octanol–water partition coefficient (Wildman–Crippen LogP) is 4.07. The second-order valence-electron chi connectivity index (χ2n) is 8.32. The molecule has 2 aromatic carbocycles. The molecule has 0 saturated carbocycles. The first kappa shape index (κ1) is 22.3. The minimum atomic E-state index is -1.09. The highest BCUT2D eigenvalue weighted by Gasteiger charge is 2.29. The fourth-order valence-corrected chi connectivity index (χ4v) is 4.21. The van der Waals surface area contributed by atoms with Crippen LogP contribution in [0.4, 0.5) is 10.6 Å². The quantitative estimate of drug-likeness (QED) is 0.543. The van der Waals surface area contributed by atoms with Crippen LogP contribution in [0.5, 0.6) is 0 Å². The minimum Gasteiger partial charge on any atom is -0.480 e. The Morgan fingerprint density at radius 1 is 1.06 bits per heavy atom. The fraction of sp³-hybridized carbons (Fsp3) is 0.269. The van der Waals surface area contributed by atoms with Crippen LogP contribution in [0.25, 0.3) is 11.1 Å². The molecule has 1 amide bonds. The number of hydrogen-bond acceptors (Lipinski definition) is 5. The van der Waals surface area contributed by atoms with E-state index in [1.165, 1.54) is 0 Å². The van der Waals surface area contributed by atoms with Crippen molar-refractivity contribution in [2.24, 2.45) is 0 Å². The largest absolute Gasteiger partial charge is 0.480 e. The van der Waals surface area contributed by atoms with Crippen LogP contribution in [0.15, 0.2) is 66.9 Å². The molecule has 1 heterocycles. The van der Waals surface area contributed by atoms with Crippen molar-refractivity contribution in [2.75, 3.05) is 25.6 Å². The standard InChI is InChI=1S/C26H27N3O4/c1-29(2)24-15-17(13-14-27-24)11-12-23(25(30)31)28-26(32)33-16-22-20-9-5-3-7-18(20)19-8-4-6-10-21(19)22/h3-10,13-15,22-23H,11-12,16H2,1-2H3,(H,28,32)(H,30,31). The van der Waals surface area contributed by atoms with Gasteiger partial charge in [-0.3, -0.25) is 0 Å². The van der Waals surface area contributed by atoms with Gasteiger partial charge >= 0.3 is 12.1 Å². The molecule has 2 N–H and O–H groups in total. The maximum Gasteiger partial charge on any atom is 0.407 e. The van der Waals surface area contributed by atoms with Crippen molar-refractivity contribution in [3.63, 3.8) is 0 Å². The molecule has 7 nitrogen and oxygen atoms in total. The number of aliphatic carboxylic acids is 1. The van der Waals surface area contributed by atoms with Crippen LogP contribution in [0.2, 0.25) is 0 Å². The minimum absolute atomic E-state index is 0.0762. The summed E-state index contributed by atoms with van der Waals surface area (Å²) in [6, 6.07) is 18.8. The van der Waals surface area contributed by atoms with Gasteiger partial charge in [-0.25, -0.2) is 14.6 Å². The number of hydrogen-bond donors (Lipinski definition) is 2. The van der Waals surface area contributed by atoms with Crippen molar-refractivity contribution < 1.29 is 19.4 Å². The third-order valence-electron chi connectivity index (χ3n) is 5.92. The van der Waals surface area contributed by atoms with Gasteiger partial charge in [-0.1, -0.05) is 48.5 Å². The number of nitrogens with zero attached hydrogens (tertiary/aromatic N) is 2. The van der Waals surface area contributed by atoms with Gasteiger partial charge in [-0.15, -0.1) is 0 Å². The van der Waals surface area contributed by atoms with Gasteiger partial charge in [0.05, 0.1) is 0 Å². The molecule has 0 saturated heterocycles. The Hall–Kier alpha value is -3.87. The summed E-state index contributed by atoms with van der Waals surface area (Å²) in [5.41, 5.74) is 5.44. The zero-order valence-corrected chi connectivity index (χ0v) is 18.7. The molecule has 1 aliphatic carbocycles. The summed E-state index contributed by atoms with van der Waals surface area (Å²) in [6.07, 6.45) is 1.70. The summed E-state index contributed by atoms with van der Waals surface area (Å²) in [5, 5.41) is 12.1. The van der Waals surface area contributed by atoms with Crippen LogP contribution >= 0.6 is 0 Å².